The van der Waals surface area contributed by atoms with Gasteiger partial charge in [-0.05, 0) is 18.9 Å². The molecule has 0 spiro atoms. The van der Waals surface area contributed by atoms with E-state index in [4.69, 9.17) is 21.1 Å². The third kappa shape index (κ3) is 3.40. The van der Waals surface area contributed by atoms with Crippen LogP contribution in [0.25, 0.3) is 0 Å². The van der Waals surface area contributed by atoms with Crippen molar-refractivity contribution in [1.29, 1.82) is 0 Å². The fourth-order valence-electron chi connectivity index (χ4n) is 2.94. The molecule has 0 atom stereocenters. The largest absolute Gasteiger partial charge is 0.496 e. The number of carbonyl (C=O) groups is 2. The monoisotopic (exact) mass is 328 g/mol. The normalized spacial score (nSPS) is 17.2. The second kappa shape index (κ2) is 6.65. The number of Topliss-reactive ketones (excluding diaryl/α,β-unsaturated/α-hetero) is 1. The van der Waals surface area contributed by atoms with Crippen molar-refractivity contribution in [3.8, 4) is 5.75 Å². The van der Waals surface area contributed by atoms with Gasteiger partial charge in [0.1, 0.15) is 24.0 Å². The van der Waals surface area contributed by atoms with Gasteiger partial charge < -0.3 is 9.47 Å². The summed E-state index contributed by atoms with van der Waals surface area (Å²) in [5.74, 6) is -0.434. The van der Waals surface area contributed by atoms with Crippen LogP contribution in [-0.4, -0.2) is 25.5 Å². The maximum Gasteiger partial charge on any atom is 0.302 e. The maximum absolute atomic E-state index is 13.6. The van der Waals surface area contributed by atoms with Crippen LogP contribution >= 0.6 is 11.6 Å². The Labute approximate surface area is 133 Å². The number of ketones is 1. The van der Waals surface area contributed by atoms with Gasteiger partial charge in [-0.3, -0.25) is 9.59 Å². The highest BCUT2D eigenvalue weighted by Crippen LogP contribution is 2.46. The number of rotatable bonds is 4. The van der Waals surface area contributed by atoms with E-state index in [1.807, 2.05) is 0 Å². The van der Waals surface area contributed by atoms with E-state index in [9.17, 15) is 14.0 Å². The molecule has 4 nitrogen and oxygen atoms in total. The number of esters is 1. The van der Waals surface area contributed by atoms with Crippen LogP contribution in [0.4, 0.5) is 4.39 Å². The Balaban J connectivity index is 2.49. The summed E-state index contributed by atoms with van der Waals surface area (Å²) in [6.07, 6.45) is 1.72. The molecule has 0 radical (unpaired) electrons. The number of ether oxygens (including phenoxy) is 2. The summed E-state index contributed by atoms with van der Waals surface area (Å²) in [5.41, 5.74) is -0.0257. The number of methoxy groups -OCH3 is 1. The molecule has 0 N–H and O–H groups in total. The molecule has 1 fully saturated rings. The molecule has 0 unspecified atom stereocenters. The predicted octanol–water partition coefficient (Wildman–Crippen LogP) is 3.43. The van der Waals surface area contributed by atoms with Crippen LogP contribution in [0.2, 0.25) is 5.02 Å². The second-order valence-electron chi connectivity index (χ2n) is 5.56. The first-order valence-corrected chi connectivity index (χ1v) is 7.44. The Morgan fingerprint density at radius 1 is 1.36 bits per heavy atom. The van der Waals surface area contributed by atoms with Gasteiger partial charge in [0.05, 0.1) is 12.1 Å². The summed E-state index contributed by atoms with van der Waals surface area (Å²) in [4.78, 5) is 22.8. The van der Waals surface area contributed by atoms with Crippen LogP contribution in [0.3, 0.4) is 0 Å². The molecule has 0 heterocycles. The first kappa shape index (κ1) is 16.7. The summed E-state index contributed by atoms with van der Waals surface area (Å²) < 4.78 is 24.0. The van der Waals surface area contributed by atoms with Crippen LogP contribution in [0.5, 0.6) is 5.75 Å². The zero-order valence-electron chi connectivity index (χ0n) is 12.6. The molecule has 1 aliphatic carbocycles. The highest BCUT2D eigenvalue weighted by molar-refractivity contribution is 6.31. The first-order valence-electron chi connectivity index (χ1n) is 7.06. The number of hydrogen-bond acceptors (Lipinski definition) is 4. The lowest BCUT2D eigenvalue weighted by atomic mass is 9.69. The maximum atomic E-state index is 13.6. The highest BCUT2D eigenvalue weighted by atomic mass is 35.5. The van der Waals surface area contributed by atoms with Crippen molar-refractivity contribution in [3.05, 3.63) is 28.5 Å². The van der Waals surface area contributed by atoms with Gasteiger partial charge in [-0.1, -0.05) is 11.6 Å². The molecular formula is C16H18ClFO4. The minimum atomic E-state index is -0.629. The SMILES string of the molecule is COc1cc(F)cc(Cl)c1C1(COC(C)=O)CCC(=O)CC1. The molecule has 6 heteroatoms. The van der Waals surface area contributed by atoms with Gasteiger partial charge in [0.2, 0.25) is 0 Å². The number of hydrogen-bond donors (Lipinski definition) is 0. The Bertz CT molecular complexity index is 590. The van der Waals surface area contributed by atoms with E-state index in [2.05, 4.69) is 0 Å². The van der Waals surface area contributed by atoms with Gasteiger partial charge in [0.15, 0.2) is 0 Å². The molecule has 1 saturated carbocycles. The summed E-state index contributed by atoms with van der Waals surface area (Å²) in [7, 11) is 1.43. The Kier molecular flexibility index (Phi) is 5.06. The van der Waals surface area contributed by atoms with E-state index < -0.39 is 17.2 Å². The Morgan fingerprint density at radius 2 is 2.00 bits per heavy atom. The van der Waals surface area contributed by atoms with Gasteiger partial charge in [-0.2, -0.15) is 0 Å². The summed E-state index contributed by atoms with van der Waals surface area (Å²) in [6.45, 7) is 1.42. The van der Waals surface area contributed by atoms with Gasteiger partial charge >= 0.3 is 5.97 Å². The van der Waals surface area contributed by atoms with Crippen LogP contribution in [0, 0.1) is 5.82 Å². The molecule has 0 aromatic heterocycles. The van der Waals surface area contributed by atoms with Crippen molar-refractivity contribution in [2.24, 2.45) is 0 Å². The fraction of sp³-hybridized carbons (Fsp3) is 0.500. The molecule has 22 heavy (non-hydrogen) atoms. The van der Waals surface area contributed by atoms with Crippen molar-refractivity contribution in [1.82, 2.24) is 0 Å². The van der Waals surface area contributed by atoms with Gasteiger partial charge in [0.25, 0.3) is 0 Å². The molecule has 0 bridgehead atoms. The van der Waals surface area contributed by atoms with Crippen molar-refractivity contribution in [3.63, 3.8) is 0 Å². The molecule has 1 aliphatic rings. The third-order valence-corrected chi connectivity index (χ3v) is 4.38. The lowest BCUT2D eigenvalue weighted by Crippen LogP contribution is -2.38. The van der Waals surface area contributed by atoms with Crippen molar-refractivity contribution in [2.45, 2.75) is 38.0 Å². The minimum absolute atomic E-state index is 0.0946. The smallest absolute Gasteiger partial charge is 0.302 e. The Hall–Kier alpha value is -1.62. The first-order chi connectivity index (χ1) is 10.4. The molecule has 2 rings (SSSR count). The standard InChI is InChI=1S/C16H18ClFO4/c1-10(19)22-9-16(5-3-12(20)4-6-16)15-13(17)7-11(18)8-14(15)21-2/h7-8H,3-6,9H2,1-2H3. The van der Waals surface area contributed by atoms with E-state index >= 15 is 0 Å². The molecule has 120 valence electrons. The average Bonchev–Trinajstić information content (AvgIpc) is 2.46. The summed E-state index contributed by atoms with van der Waals surface area (Å²) >= 11 is 6.24. The lowest BCUT2D eigenvalue weighted by Gasteiger charge is -2.38. The molecular weight excluding hydrogens is 311 g/mol. The van der Waals surface area contributed by atoms with Crippen LogP contribution in [-0.2, 0) is 19.7 Å². The lowest BCUT2D eigenvalue weighted by molar-refractivity contribution is -0.143. The Morgan fingerprint density at radius 3 is 2.55 bits per heavy atom. The zero-order chi connectivity index (χ0) is 16.3. The summed E-state index contributed by atoms with van der Waals surface area (Å²) in [6, 6.07) is 2.47. The van der Waals surface area contributed by atoms with Crippen LogP contribution in [0.15, 0.2) is 12.1 Å². The molecule has 1 aromatic carbocycles. The van der Waals surface area contributed by atoms with E-state index in [0.29, 0.717) is 37.0 Å². The molecule has 0 aliphatic heterocycles. The van der Waals surface area contributed by atoms with Gasteiger partial charge in [0, 0.05) is 36.8 Å². The average molecular weight is 329 g/mol. The number of carbonyl (C=O) groups excluding carboxylic acids is 2. The predicted molar refractivity (Wildman–Crippen MR) is 79.7 cm³/mol. The van der Waals surface area contributed by atoms with Crippen molar-refractivity contribution >= 4 is 23.4 Å². The van der Waals surface area contributed by atoms with Crippen molar-refractivity contribution < 1.29 is 23.5 Å². The quantitative estimate of drug-likeness (QED) is 0.795. The van der Waals surface area contributed by atoms with E-state index in [1.165, 1.54) is 26.2 Å². The van der Waals surface area contributed by atoms with Crippen molar-refractivity contribution in [2.75, 3.05) is 13.7 Å². The third-order valence-electron chi connectivity index (χ3n) is 4.09. The topological polar surface area (TPSA) is 52.6 Å². The minimum Gasteiger partial charge on any atom is -0.496 e. The van der Waals surface area contributed by atoms with Crippen LogP contribution < -0.4 is 4.74 Å². The summed E-state index contributed by atoms with van der Waals surface area (Å²) in [5, 5.41) is 0.221. The van der Waals surface area contributed by atoms with Gasteiger partial charge in [-0.25, -0.2) is 4.39 Å². The van der Waals surface area contributed by atoms with E-state index in [-0.39, 0.29) is 17.4 Å². The van der Waals surface area contributed by atoms with Gasteiger partial charge in [-0.15, -0.1) is 0 Å². The molecule has 1 aromatic rings. The number of benzene rings is 1. The van der Waals surface area contributed by atoms with E-state index in [1.54, 1.807) is 0 Å². The van der Waals surface area contributed by atoms with Crippen LogP contribution in [0.1, 0.15) is 38.2 Å². The highest BCUT2D eigenvalue weighted by Gasteiger charge is 2.41. The second-order valence-corrected chi connectivity index (χ2v) is 5.97. The molecule has 0 amide bonds. The zero-order valence-corrected chi connectivity index (χ0v) is 13.3. The fourth-order valence-corrected chi connectivity index (χ4v) is 3.34. The van der Waals surface area contributed by atoms with E-state index in [0.717, 1.165) is 0 Å². The molecule has 0 saturated heterocycles. The number of halogens is 2.